The van der Waals surface area contributed by atoms with Crippen LogP contribution in [0.3, 0.4) is 0 Å². The molecule has 72 valence electrons. The third-order valence-electron chi connectivity index (χ3n) is 1.11. The number of hydrogen-bond donors (Lipinski definition) is 1. The van der Waals surface area contributed by atoms with Crippen molar-refractivity contribution in [3.05, 3.63) is 0 Å². The minimum absolute atomic E-state index is 0.495. The number of hydrogen-bond acceptors (Lipinski definition) is 3. The van der Waals surface area contributed by atoms with Crippen LogP contribution >= 0.6 is 0 Å². The average Bonchev–Trinajstić information content (AvgIpc) is 1.80. The normalized spacial score (nSPS) is 13.6. The summed E-state index contributed by atoms with van der Waals surface area (Å²) in [6.45, 7) is 5.91. The Balaban J connectivity index is 4.02. The van der Waals surface area contributed by atoms with Gasteiger partial charge in [-0.3, -0.25) is 0 Å². The van der Waals surface area contributed by atoms with Gasteiger partial charge in [-0.1, -0.05) is 13.8 Å². The molecule has 5 heteroatoms. The van der Waals surface area contributed by atoms with Gasteiger partial charge in [0.1, 0.15) is 0 Å². The van der Waals surface area contributed by atoms with Crippen LogP contribution < -0.4 is 4.83 Å². The second kappa shape index (κ2) is 4.45. The molecule has 0 aromatic rings. The lowest BCUT2D eigenvalue weighted by molar-refractivity contribution is 0.589. The summed E-state index contributed by atoms with van der Waals surface area (Å²) in [7, 11) is -3.19. The molecule has 0 unspecified atom stereocenters. The zero-order valence-electron chi connectivity index (χ0n) is 7.96. The van der Waals surface area contributed by atoms with Gasteiger partial charge in [0.2, 0.25) is 10.0 Å². The van der Waals surface area contributed by atoms with Crippen LogP contribution in [0.25, 0.3) is 0 Å². The van der Waals surface area contributed by atoms with Crippen LogP contribution in [-0.4, -0.2) is 20.4 Å². The van der Waals surface area contributed by atoms with Crippen LogP contribution in [0.4, 0.5) is 0 Å². The molecule has 0 amide bonds. The van der Waals surface area contributed by atoms with E-state index in [-0.39, 0.29) is 0 Å². The van der Waals surface area contributed by atoms with E-state index in [0.29, 0.717) is 5.92 Å². The standard InChI is InChI=1S/C7H16N2O2S/c1-6(2)5-7(3)8-9-12(4,10)11/h6,9H,5H2,1-4H3. The van der Waals surface area contributed by atoms with Gasteiger partial charge in [-0.15, -0.1) is 0 Å². The van der Waals surface area contributed by atoms with Gasteiger partial charge >= 0.3 is 0 Å². The summed E-state index contributed by atoms with van der Waals surface area (Å²) in [5.41, 5.74) is 0.801. The molecular formula is C7H16N2O2S. The zero-order chi connectivity index (χ0) is 9.78. The quantitative estimate of drug-likeness (QED) is 0.532. The van der Waals surface area contributed by atoms with E-state index in [9.17, 15) is 8.42 Å². The molecule has 0 aromatic carbocycles. The van der Waals surface area contributed by atoms with E-state index in [1.54, 1.807) is 6.92 Å². The number of rotatable bonds is 4. The molecular weight excluding hydrogens is 176 g/mol. The van der Waals surface area contributed by atoms with Crippen LogP contribution in [0.2, 0.25) is 0 Å². The predicted molar refractivity (Wildman–Crippen MR) is 50.5 cm³/mol. The maximum absolute atomic E-state index is 10.6. The predicted octanol–water partition coefficient (Wildman–Crippen LogP) is 0.958. The average molecular weight is 192 g/mol. The summed E-state index contributed by atoms with van der Waals surface area (Å²) >= 11 is 0. The van der Waals surface area contributed by atoms with Crippen LogP contribution in [-0.2, 0) is 10.0 Å². The fraction of sp³-hybridized carbons (Fsp3) is 0.857. The Morgan fingerprint density at radius 1 is 1.50 bits per heavy atom. The SMILES string of the molecule is CC(CC(C)C)=NNS(C)(=O)=O. The molecule has 4 nitrogen and oxygen atoms in total. The van der Waals surface area contributed by atoms with E-state index in [1.165, 1.54) is 0 Å². The van der Waals surface area contributed by atoms with Gasteiger partial charge in [0.15, 0.2) is 0 Å². The van der Waals surface area contributed by atoms with Gasteiger partial charge in [-0.2, -0.15) is 5.10 Å². The summed E-state index contributed by atoms with van der Waals surface area (Å²) in [6.07, 6.45) is 1.89. The van der Waals surface area contributed by atoms with E-state index in [2.05, 4.69) is 23.8 Å². The minimum atomic E-state index is -3.19. The Morgan fingerprint density at radius 3 is 2.33 bits per heavy atom. The number of nitrogens with zero attached hydrogens (tertiary/aromatic N) is 1. The van der Waals surface area contributed by atoms with Crippen molar-refractivity contribution in [2.75, 3.05) is 6.26 Å². The molecule has 0 saturated carbocycles. The largest absolute Gasteiger partial charge is 0.244 e. The van der Waals surface area contributed by atoms with E-state index in [1.807, 2.05) is 0 Å². The molecule has 0 fully saturated rings. The van der Waals surface area contributed by atoms with Crippen molar-refractivity contribution in [2.45, 2.75) is 27.2 Å². The highest BCUT2D eigenvalue weighted by molar-refractivity contribution is 7.88. The van der Waals surface area contributed by atoms with Crippen molar-refractivity contribution in [2.24, 2.45) is 11.0 Å². The van der Waals surface area contributed by atoms with Crippen LogP contribution in [0.15, 0.2) is 5.10 Å². The Hall–Kier alpha value is -0.580. The van der Waals surface area contributed by atoms with Crippen molar-refractivity contribution in [3.8, 4) is 0 Å². The first-order valence-corrected chi connectivity index (χ1v) is 5.70. The molecule has 0 radical (unpaired) electrons. The molecule has 0 saturated heterocycles. The highest BCUT2D eigenvalue weighted by Gasteiger charge is 1.99. The Labute approximate surface area is 74.1 Å². The summed E-state index contributed by atoms with van der Waals surface area (Å²) in [5.74, 6) is 0.495. The van der Waals surface area contributed by atoms with Crippen LogP contribution in [0.1, 0.15) is 27.2 Å². The lowest BCUT2D eigenvalue weighted by Crippen LogP contribution is -2.17. The van der Waals surface area contributed by atoms with Gasteiger partial charge in [0, 0.05) is 5.71 Å². The number of sulfonamides is 1. The molecule has 0 rings (SSSR count). The van der Waals surface area contributed by atoms with Crippen molar-refractivity contribution in [1.29, 1.82) is 0 Å². The van der Waals surface area contributed by atoms with Gasteiger partial charge in [-0.25, -0.2) is 13.2 Å². The Kier molecular flexibility index (Phi) is 4.23. The minimum Gasteiger partial charge on any atom is -0.206 e. The Morgan fingerprint density at radius 2 is 2.00 bits per heavy atom. The van der Waals surface area contributed by atoms with Crippen molar-refractivity contribution < 1.29 is 8.42 Å². The molecule has 0 aliphatic carbocycles. The molecule has 0 aromatic heterocycles. The van der Waals surface area contributed by atoms with Crippen molar-refractivity contribution in [3.63, 3.8) is 0 Å². The maximum Gasteiger partial charge on any atom is 0.244 e. The molecule has 0 atom stereocenters. The lowest BCUT2D eigenvalue weighted by Gasteiger charge is -2.03. The van der Waals surface area contributed by atoms with E-state index < -0.39 is 10.0 Å². The fourth-order valence-corrected chi connectivity index (χ4v) is 1.12. The van der Waals surface area contributed by atoms with Gasteiger partial charge < -0.3 is 0 Å². The van der Waals surface area contributed by atoms with Crippen molar-refractivity contribution >= 4 is 15.7 Å². The topological polar surface area (TPSA) is 58.5 Å². The second-order valence-corrected chi connectivity index (χ2v) is 5.04. The summed E-state index contributed by atoms with van der Waals surface area (Å²) in [4.78, 5) is 2.09. The molecule has 0 bridgehead atoms. The second-order valence-electron chi connectivity index (χ2n) is 3.31. The zero-order valence-corrected chi connectivity index (χ0v) is 8.77. The first-order valence-electron chi connectivity index (χ1n) is 3.81. The molecule has 0 spiro atoms. The smallest absolute Gasteiger partial charge is 0.206 e. The number of hydrazone groups is 1. The lowest BCUT2D eigenvalue weighted by atomic mass is 10.1. The van der Waals surface area contributed by atoms with E-state index in [4.69, 9.17) is 0 Å². The Bertz CT molecular complexity index is 255. The summed E-state index contributed by atoms with van der Waals surface area (Å²) in [6, 6.07) is 0. The third kappa shape index (κ3) is 7.53. The monoisotopic (exact) mass is 192 g/mol. The molecule has 1 N–H and O–H groups in total. The molecule has 0 heterocycles. The van der Waals surface area contributed by atoms with Crippen molar-refractivity contribution in [1.82, 2.24) is 4.83 Å². The fourth-order valence-electron chi connectivity index (χ4n) is 0.797. The van der Waals surface area contributed by atoms with E-state index in [0.717, 1.165) is 18.4 Å². The summed E-state index contributed by atoms with van der Waals surface area (Å²) < 4.78 is 21.2. The maximum atomic E-state index is 10.6. The van der Waals surface area contributed by atoms with Crippen LogP contribution in [0, 0.1) is 5.92 Å². The first kappa shape index (κ1) is 11.4. The van der Waals surface area contributed by atoms with Gasteiger partial charge in [0.05, 0.1) is 6.26 Å². The van der Waals surface area contributed by atoms with Gasteiger partial charge in [0.25, 0.3) is 0 Å². The highest BCUT2D eigenvalue weighted by Crippen LogP contribution is 2.00. The van der Waals surface area contributed by atoms with Gasteiger partial charge in [-0.05, 0) is 19.3 Å². The summed E-state index contributed by atoms with van der Waals surface area (Å²) in [5, 5.41) is 3.71. The van der Waals surface area contributed by atoms with Crippen LogP contribution in [0.5, 0.6) is 0 Å². The molecule has 0 aliphatic rings. The third-order valence-corrected chi connectivity index (χ3v) is 1.53. The van der Waals surface area contributed by atoms with E-state index >= 15 is 0 Å². The molecule has 0 aliphatic heterocycles. The highest BCUT2D eigenvalue weighted by atomic mass is 32.2. The molecule has 12 heavy (non-hydrogen) atoms. The first-order chi connectivity index (χ1) is 5.31. The number of nitrogens with one attached hydrogen (secondary N) is 1.